The molecule has 1 saturated carbocycles. The number of amides is 3. The van der Waals surface area contributed by atoms with Gasteiger partial charge in [-0.05, 0) is 19.3 Å². The smallest absolute Gasteiger partial charge is 0.423 e. The van der Waals surface area contributed by atoms with Gasteiger partial charge in [-0.2, -0.15) is 4.90 Å². The van der Waals surface area contributed by atoms with Gasteiger partial charge in [-0.3, -0.25) is 9.59 Å². The summed E-state index contributed by atoms with van der Waals surface area (Å²) in [5.41, 5.74) is 0. The van der Waals surface area contributed by atoms with Crippen LogP contribution in [0.5, 0.6) is 0 Å². The summed E-state index contributed by atoms with van der Waals surface area (Å²) >= 11 is 0. The molecule has 0 aromatic carbocycles. The molecule has 0 spiro atoms. The van der Waals surface area contributed by atoms with E-state index in [1.54, 1.807) is 0 Å². The van der Waals surface area contributed by atoms with Crippen LogP contribution in [0, 0.1) is 0 Å². The van der Waals surface area contributed by atoms with Crippen LogP contribution in [0.4, 0.5) is 4.79 Å². The number of carbonyl (C=O) groups excluding carboxylic acids is 3. The lowest BCUT2D eigenvalue weighted by molar-refractivity contribution is -0.136. The van der Waals surface area contributed by atoms with Crippen molar-refractivity contribution in [3.8, 4) is 0 Å². The summed E-state index contributed by atoms with van der Waals surface area (Å²) < 4.78 is 4.96. The van der Waals surface area contributed by atoms with Crippen LogP contribution in [0.15, 0.2) is 0 Å². The van der Waals surface area contributed by atoms with Crippen LogP contribution >= 0.6 is 0 Å². The van der Waals surface area contributed by atoms with Gasteiger partial charge in [-0.15, -0.1) is 0 Å². The largest absolute Gasteiger partial charge is 0.445 e. The summed E-state index contributed by atoms with van der Waals surface area (Å²) in [6.07, 6.45) is 2.08. The van der Waals surface area contributed by atoms with Crippen molar-refractivity contribution in [3.05, 3.63) is 0 Å². The molecule has 2 aliphatic rings. The van der Waals surface area contributed by atoms with Crippen molar-refractivity contribution in [3.63, 3.8) is 0 Å². The molecule has 0 radical (unpaired) electrons. The van der Waals surface area contributed by atoms with E-state index in [-0.39, 0.29) is 18.9 Å². The monoisotopic (exact) mass is 197 g/mol. The van der Waals surface area contributed by atoms with E-state index in [1.807, 2.05) is 0 Å². The van der Waals surface area contributed by atoms with Crippen molar-refractivity contribution in [2.24, 2.45) is 0 Å². The molecule has 1 saturated heterocycles. The molecule has 76 valence electrons. The summed E-state index contributed by atoms with van der Waals surface area (Å²) in [5.74, 6) is -0.890. The van der Waals surface area contributed by atoms with Gasteiger partial charge in [0.2, 0.25) is 11.8 Å². The molecule has 5 nitrogen and oxygen atoms in total. The van der Waals surface area contributed by atoms with E-state index in [0.29, 0.717) is 4.90 Å². The van der Waals surface area contributed by atoms with Gasteiger partial charge in [0.15, 0.2) is 0 Å². The molecule has 1 aliphatic heterocycles. The Kier molecular flexibility index (Phi) is 2.23. The van der Waals surface area contributed by atoms with Crippen molar-refractivity contribution in [1.29, 1.82) is 0 Å². The summed E-state index contributed by atoms with van der Waals surface area (Å²) in [5, 5.41) is 0. The van der Waals surface area contributed by atoms with Gasteiger partial charge < -0.3 is 4.74 Å². The Labute approximate surface area is 81.0 Å². The lowest BCUT2D eigenvalue weighted by atomic mass is 9.96. The summed E-state index contributed by atoms with van der Waals surface area (Å²) in [4.78, 5) is 34.2. The second kappa shape index (κ2) is 3.40. The number of imide groups is 3. The zero-order valence-electron chi connectivity index (χ0n) is 7.69. The predicted molar refractivity (Wildman–Crippen MR) is 45.2 cm³/mol. The number of ether oxygens (including phenoxy) is 1. The Bertz CT molecular complexity index is 279. The van der Waals surface area contributed by atoms with Crippen LogP contribution in [0.2, 0.25) is 0 Å². The maximum Gasteiger partial charge on any atom is 0.423 e. The molecule has 2 rings (SSSR count). The number of hydrogen-bond donors (Lipinski definition) is 0. The molecule has 3 amide bonds. The Morgan fingerprint density at radius 1 is 1.21 bits per heavy atom. The third-order valence-electron chi connectivity index (χ3n) is 2.55. The Hall–Kier alpha value is -1.39. The van der Waals surface area contributed by atoms with E-state index >= 15 is 0 Å². The highest BCUT2D eigenvalue weighted by Crippen LogP contribution is 2.24. The fraction of sp³-hybridized carbons (Fsp3) is 0.667. The van der Waals surface area contributed by atoms with Gasteiger partial charge in [-0.1, -0.05) is 0 Å². The van der Waals surface area contributed by atoms with Crippen LogP contribution in [0.3, 0.4) is 0 Å². The average Bonchev–Trinajstić information content (AvgIpc) is 2.39. The minimum Gasteiger partial charge on any atom is -0.445 e. The van der Waals surface area contributed by atoms with Crippen LogP contribution in [-0.2, 0) is 14.3 Å². The number of rotatable bonds is 1. The van der Waals surface area contributed by atoms with Gasteiger partial charge >= 0.3 is 6.09 Å². The fourth-order valence-corrected chi connectivity index (χ4v) is 1.46. The van der Waals surface area contributed by atoms with E-state index in [4.69, 9.17) is 4.74 Å². The lowest BCUT2D eigenvalue weighted by Crippen LogP contribution is -2.39. The Morgan fingerprint density at radius 3 is 2.21 bits per heavy atom. The summed E-state index contributed by atoms with van der Waals surface area (Å²) in [7, 11) is 0. The molecule has 1 heterocycles. The minimum absolute atomic E-state index is 0.0938. The van der Waals surface area contributed by atoms with E-state index in [0.717, 1.165) is 19.3 Å². The average molecular weight is 197 g/mol. The Balaban J connectivity index is 1.95. The predicted octanol–water partition coefficient (Wildman–Crippen LogP) is 0.825. The standard InChI is InChI=1S/C9H11NO4/c11-7-4-5-8(12)10(7)9(13)14-6-2-1-3-6/h6H,1-5H2. The first-order valence-electron chi connectivity index (χ1n) is 4.75. The first kappa shape index (κ1) is 9.18. The number of carbonyl (C=O) groups is 3. The van der Waals surface area contributed by atoms with E-state index in [1.165, 1.54) is 0 Å². The lowest BCUT2D eigenvalue weighted by Gasteiger charge is -2.26. The van der Waals surface area contributed by atoms with E-state index < -0.39 is 17.9 Å². The van der Waals surface area contributed by atoms with Gasteiger partial charge in [0, 0.05) is 12.8 Å². The zero-order chi connectivity index (χ0) is 10.1. The molecule has 0 bridgehead atoms. The molecular weight excluding hydrogens is 186 g/mol. The molecule has 1 aliphatic carbocycles. The number of hydrogen-bond acceptors (Lipinski definition) is 4. The molecular formula is C9H11NO4. The topological polar surface area (TPSA) is 63.7 Å². The van der Waals surface area contributed by atoms with Crippen LogP contribution in [-0.4, -0.2) is 28.9 Å². The number of nitrogens with zero attached hydrogens (tertiary/aromatic N) is 1. The SMILES string of the molecule is O=C1CCC(=O)N1C(=O)OC1CCC1. The second-order valence-electron chi connectivity index (χ2n) is 3.56. The van der Waals surface area contributed by atoms with Crippen molar-refractivity contribution < 1.29 is 19.1 Å². The minimum atomic E-state index is -0.790. The molecule has 0 aromatic rings. The highest BCUT2D eigenvalue weighted by atomic mass is 16.6. The highest BCUT2D eigenvalue weighted by Gasteiger charge is 2.37. The normalized spacial score (nSPS) is 22.4. The van der Waals surface area contributed by atoms with Gasteiger partial charge in [0.1, 0.15) is 6.10 Å². The highest BCUT2D eigenvalue weighted by molar-refractivity contribution is 6.13. The first-order valence-corrected chi connectivity index (χ1v) is 4.75. The van der Waals surface area contributed by atoms with E-state index in [9.17, 15) is 14.4 Å². The van der Waals surface area contributed by atoms with Crippen LogP contribution < -0.4 is 0 Å². The maximum atomic E-state index is 11.3. The molecule has 0 aromatic heterocycles. The quantitative estimate of drug-likeness (QED) is 0.584. The second-order valence-corrected chi connectivity index (χ2v) is 3.56. The van der Waals surface area contributed by atoms with E-state index in [2.05, 4.69) is 0 Å². The van der Waals surface area contributed by atoms with Gasteiger partial charge in [-0.25, -0.2) is 4.79 Å². The fourth-order valence-electron chi connectivity index (χ4n) is 1.46. The zero-order valence-corrected chi connectivity index (χ0v) is 7.69. The van der Waals surface area contributed by atoms with Crippen molar-refractivity contribution >= 4 is 17.9 Å². The molecule has 2 fully saturated rings. The first-order chi connectivity index (χ1) is 6.68. The summed E-state index contributed by atoms with van der Waals surface area (Å²) in [6, 6.07) is 0. The maximum absolute atomic E-state index is 11.3. The molecule has 0 N–H and O–H groups in total. The third kappa shape index (κ3) is 1.49. The van der Waals surface area contributed by atoms with Gasteiger partial charge in [0.25, 0.3) is 0 Å². The van der Waals surface area contributed by atoms with Crippen molar-refractivity contribution in [1.82, 2.24) is 4.90 Å². The number of likely N-dealkylation sites (tertiary alicyclic amines) is 1. The molecule has 0 atom stereocenters. The molecule has 5 heteroatoms. The van der Waals surface area contributed by atoms with Crippen molar-refractivity contribution in [2.75, 3.05) is 0 Å². The van der Waals surface area contributed by atoms with Crippen molar-refractivity contribution in [2.45, 2.75) is 38.2 Å². The third-order valence-corrected chi connectivity index (χ3v) is 2.55. The molecule has 0 unspecified atom stereocenters. The Morgan fingerprint density at radius 2 is 1.79 bits per heavy atom. The van der Waals surface area contributed by atoms with Crippen LogP contribution in [0.25, 0.3) is 0 Å². The van der Waals surface area contributed by atoms with Gasteiger partial charge in [0.05, 0.1) is 0 Å². The summed E-state index contributed by atoms with van der Waals surface area (Å²) in [6.45, 7) is 0. The van der Waals surface area contributed by atoms with Crippen LogP contribution in [0.1, 0.15) is 32.1 Å². The molecule has 14 heavy (non-hydrogen) atoms.